The van der Waals surface area contributed by atoms with Crippen LogP contribution in [-0.4, -0.2) is 21.9 Å². The van der Waals surface area contributed by atoms with Crippen molar-refractivity contribution in [3.8, 4) is 17.2 Å². The van der Waals surface area contributed by atoms with Gasteiger partial charge in [-0.15, -0.1) is 4.91 Å². The van der Waals surface area contributed by atoms with Gasteiger partial charge in [0.05, 0.1) is 17.6 Å². The second-order valence-corrected chi connectivity index (χ2v) is 10.4. The largest absolute Gasteiger partial charge is 0.491 e. The molecule has 2 aromatic carbocycles. The van der Waals surface area contributed by atoms with Gasteiger partial charge in [-0.25, -0.2) is 4.98 Å². The van der Waals surface area contributed by atoms with Crippen LogP contribution in [0.25, 0.3) is 0 Å². The van der Waals surface area contributed by atoms with E-state index >= 15 is 0 Å². The maximum Gasteiger partial charge on any atom is 0.379 e. The second kappa shape index (κ2) is 9.79. The number of rotatable bonds is 8. The summed E-state index contributed by atoms with van der Waals surface area (Å²) in [5.74, 6) is 0.619. The molecule has 2 N–H and O–H groups in total. The molecule has 168 valence electrons. The molecule has 0 aliphatic carbocycles. The summed E-state index contributed by atoms with van der Waals surface area (Å²) in [6, 6.07) is 8.94. The van der Waals surface area contributed by atoms with Gasteiger partial charge in [0.2, 0.25) is 0 Å². The molecular weight excluding hydrogens is 477 g/mol. The Kier molecular flexibility index (Phi) is 7.30. The van der Waals surface area contributed by atoms with Gasteiger partial charge in [0.15, 0.2) is 5.13 Å². The topological polar surface area (TPSA) is 127 Å². The number of nitroso groups, excluding NO2 is 1. The number of thiazole rings is 1. The molecule has 1 aromatic heterocycles. The number of hydrogen-bond donors (Lipinski definition) is 2. The van der Waals surface area contributed by atoms with Crippen LogP contribution < -0.4 is 20.1 Å². The quantitative estimate of drug-likeness (QED) is 0.311. The lowest BCUT2D eigenvalue weighted by Crippen LogP contribution is -2.13. The van der Waals surface area contributed by atoms with Gasteiger partial charge in [0.1, 0.15) is 21.6 Å². The van der Waals surface area contributed by atoms with Crippen molar-refractivity contribution in [2.24, 2.45) is 4.95 Å². The number of nitrogens with zero attached hydrogens (tertiary/aromatic N) is 2. The van der Waals surface area contributed by atoms with E-state index in [1.165, 1.54) is 30.5 Å². The lowest BCUT2D eigenvalue weighted by Gasteiger charge is -2.15. The first-order chi connectivity index (χ1) is 15.1. The minimum atomic E-state index is -4.32. The summed E-state index contributed by atoms with van der Waals surface area (Å²) in [6.07, 6.45) is 1.29. The summed E-state index contributed by atoms with van der Waals surface area (Å²) in [4.78, 5) is 39.4. The van der Waals surface area contributed by atoms with Gasteiger partial charge in [-0.1, -0.05) is 22.9 Å². The van der Waals surface area contributed by atoms with Crippen LogP contribution in [-0.2, 0) is 4.57 Å². The molecule has 0 saturated heterocycles. The van der Waals surface area contributed by atoms with Gasteiger partial charge in [-0.3, -0.25) is 14.7 Å². The highest BCUT2D eigenvalue weighted by Crippen LogP contribution is 2.42. The maximum absolute atomic E-state index is 12.7. The van der Waals surface area contributed by atoms with Gasteiger partial charge in [-0.2, -0.15) is 0 Å². The standard InChI is InChI=1S/C20H19ClN3O6PS/c1-11(2)29-15-7-13(19(25)23-20-22-10-18(21)32-20)8-16(9-15)30-14-4-5-17(12(3)6-14)31(27,28)24-26/h4-11H,1-3H3,(H,27,28)(H,22,23,25). The molecule has 3 aromatic rings. The molecule has 1 atom stereocenters. The van der Waals surface area contributed by atoms with Crippen molar-refractivity contribution >= 4 is 46.8 Å². The van der Waals surface area contributed by atoms with Gasteiger partial charge in [-0.05, 0) is 56.7 Å². The van der Waals surface area contributed by atoms with Gasteiger partial charge >= 0.3 is 7.52 Å². The van der Waals surface area contributed by atoms with Crippen molar-refractivity contribution in [1.82, 2.24) is 4.98 Å². The van der Waals surface area contributed by atoms with E-state index in [-0.39, 0.29) is 17.0 Å². The Balaban J connectivity index is 1.90. The highest BCUT2D eigenvalue weighted by atomic mass is 35.5. The van der Waals surface area contributed by atoms with E-state index in [0.717, 1.165) is 11.3 Å². The van der Waals surface area contributed by atoms with Gasteiger partial charge in [0.25, 0.3) is 5.91 Å². The first-order valence-electron chi connectivity index (χ1n) is 9.28. The molecule has 0 radical (unpaired) electrons. The number of aryl methyl sites for hydroxylation is 1. The summed E-state index contributed by atoms with van der Waals surface area (Å²) >= 11 is 6.98. The number of carbonyl (C=O) groups is 1. The molecule has 0 spiro atoms. The number of amides is 1. The van der Waals surface area contributed by atoms with Crippen LogP contribution in [0.3, 0.4) is 0 Å². The number of hydrogen-bond acceptors (Lipinski definition) is 7. The Morgan fingerprint density at radius 2 is 1.94 bits per heavy atom. The first kappa shape index (κ1) is 23.9. The van der Waals surface area contributed by atoms with Crippen LogP contribution >= 0.6 is 30.5 Å². The summed E-state index contributed by atoms with van der Waals surface area (Å²) in [5, 5.41) is 2.94. The van der Waals surface area contributed by atoms with Crippen LogP contribution in [0.15, 0.2) is 47.5 Å². The van der Waals surface area contributed by atoms with Crippen molar-refractivity contribution < 1.29 is 23.7 Å². The molecule has 1 unspecified atom stereocenters. The molecule has 3 rings (SSSR count). The number of aromatic nitrogens is 1. The van der Waals surface area contributed by atoms with Crippen molar-refractivity contribution in [3.63, 3.8) is 0 Å². The van der Waals surface area contributed by atoms with Crippen molar-refractivity contribution in [2.45, 2.75) is 26.9 Å². The number of ether oxygens (including phenoxy) is 2. The van der Waals surface area contributed by atoms with Crippen LogP contribution in [0.5, 0.6) is 17.2 Å². The minimum Gasteiger partial charge on any atom is -0.491 e. The third-order valence-electron chi connectivity index (χ3n) is 4.04. The molecule has 0 fully saturated rings. The normalized spacial score (nSPS) is 12.8. The zero-order valence-electron chi connectivity index (χ0n) is 17.2. The molecule has 0 saturated carbocycles. The molecule has 32 heavy (non-hydrogen) atoms. The smallest absolute Gasteiger partial charge is 0.379 e. The van der Waals surface area contributed by atoms with Crippen molar-refractivity contribution in [1.29, 1.82) is 0 Å². The summed E-state index contributed by atoms with van der Waals surface area (Å²) < 4.78 is 23.9. The van der Waals surface area contributed by atoms with E-state index < -0.39 is 13.4 Å². The van der Waals surface area contributed by atoms with E-state index in [2.05, 4.69) is 15.2 Å². The van der Waals surface area contributed by atoms with E-state index in [1.54, 1.807) is 19.1 Å². The van der Waals surface area contributed by atoms with Gasteiger partial charge < -0.3 is 14.4 Å². The lowest BCUT2D eigenvalue weighted by atomic mass is 10.2. The number of carbonyl (C=O) groups excluding carboxylic acids is 1. The van der Waals surface area contributed by atoms with Crippen molar-refractivity contribution in [2.75, 3.05) is 5.32 Å². The number of halogens is 1. The fraction of sp³-hybridized carbons (Fsp3) is 0.200. The SMILES string of the molecule is Cc1cc(Oc2cc(OC(C)C)cc(C(=O)Nc3ncc(Cl)s3)c2)ccc1P(=O)(O)N=O. The van der Waals surface area contributed by atoms with Gasteiger partial charge in [0, 0.05) is 16.6 Å². The Morgan fingerprint density at radius 3 is 2.53 bits per heavy atom. The Bertz CT molecular complexity index is 1220. The van der Waals surface area contributed by atoms with Crippen LogP contribution in [0.2, 0.25) is 4.34 Å². The number of nitrogens with one attached hydrogen (secondary N) is 1. The average molecular weight is 496 g/mol. The fourth-order valence-corrected chi connectivity index (χ4v) is 4.47. The zero-order valence-corrected chi connectivity index (χ0v) is 19.7. The molecule has 0 aliphatic heterocycles. The van der Waals surface area contributed by atoms with Crippen LogP contribution in [0, 0.1) is 11.8 Å². The third-order valence-corrected chi connectivity index (χ3v) is 6.42. The Morgan fingerprint density at radius 1 is 1.22 bits per heavy atom. The Hall–Kier alpha value is -2.78. The second-order valence-electron chi connectivity index (χ2n) is 6.96. The van der Waals surface area contributed by atoms with E-state index in [4.69, 9.17) is 21.1 Å². The van der Waals surface area contributed by atoms with Crippen molar-refractivity contribution in [3.05, 3.63) is 63.0 Å². The highest BCUT2D eigenvalue weighted by Gasteiger charge is 2.24. The van der Waals surface area contributed by atoms with Crippen LogP contribution in [0.4, 0.5) is 5.13 Å². The Labute approximate surface area is 192 Å². The monoisotopic (exact) mass is 495 g/mol. The fourth-order valence-electron chi connectivity index (χ4n) is 2.78. The predicted molar refractivity (Wildman–Crippen MR) is 124 cm³/mol. The predicted octanol–water partition coefficient (Wildman–Crippen LogP) is 5.51. The molecule has 9 nitrogen and oxygen atoms in total. The summed E-state index contributed by atoms with van der Waals surface area (Å²) in [5.41, 5.74) is 0.629. The zero-order chi connectivity index (χ0) is 23.5. The molecule has 0 bridgehead atoms. The third kappa shape index (κ3) is 5.92. The summed E-state index contributed by atoms with van der Waals surface area (Å²) in [7, 11) is -4.32. The average Bonchev–Trinajstić information content (AvgIpc) is 3.11. The molecule has 0 aliphatic rings. The number of anilines is 1. The number of benzene rings is 2. The maximum atomic E-state index is 12.7. The molecule has 1 amide bonds. The molecule has 12 heteroatoms. The van der Waals surface area contributed by atoms with Crippen LogP contribution in [0.1, 0.15) is 29.8 Å². The van der Waals surface area contributed by atoms with E-state index in [9.17, 15) is 19.2 Å². The lowest BCUT2D eigenvalue weighted by molar-refractivity contribution is 0.102. The van der Waals surface area contributed by atoms with E-state index in [0.29, 0.717) is 32.3 Å². The summed E-state index contributed by atoms with van der Waals surface area (Å²) in [6.45, 7) is 5.26. The first-order valence-corrected chi connectivity index (χ1v) is 12.1. The van der Waals surface area contributed by atoms with E-state index in [1.807, 2.05) is 13.8 Å². The molecule has 1 heterocycles. The molecular formula is C20H19ClN3O6PS. The minimum absolute atomic E-state index is 0.0704. The highest BCUT2D eigenvalue weighted by molar-refractivity contribution is 7.64.